The Balaban J connectivity index is 2.04. The van der Waals surface area contributed by atoms with E-state index in [0.29, 0.717) is 0 Å². The maximum absolute atomic E-state index is 5.86. The predicted molar refractivity (Wildman–Crippen MR) is 74.6 cm³/mol. The van der Waals surface area contributed by atoms with Gasteiger partial charge in [-0.25, -0.2) is 0 Å². The lowest BCUT2D eigenvalue weighted by Gasteiger charge is -2.30. The van der Waals surface area contributed by atoms with Crippen molar-refractivity contribution < 1.29 is 4.74 Å². The van der Waals surface area contributed by atoms with E-state index < -0.39 is 0 Å². The van der Waals surface area contributed by atoms with Crippen LogP contribution in [0.5, 0.6) is 5.75 Å². The molecule has 3 nitrogen and oxygen atoms in total. The molecule has 1 aromatic rings. The van der Waals surface area contributed by atoms with E-state index in [9.17, 15) is 0 Å². The van der Waals surface area contributed by atoms with Gasteiger partial charge in [0.25, 0.3) is 0 Å². The van der Waals surface area contributed by atoms with Gasteiger partial charge in [0.15, 0.2) is 0 Å². The smallest absolute Gasteiger partial charge is 0.121 e. The lowest BCUT2D eigenvalue weighted by molar-refractivity contribution is 0.278. The molecule has 0 saturated carbocycles. The quantitative estimate of drug-likeness (QED) is 0.837. The molecule has 0 spiro atoms. The summed E-state index contributed by atoms with van der Waals surface area (Å²) in [7, 11) is 1.68. The van der Waals surface area contributed by atoms with Gasteiger partial charge in [-0.3, -0.25) is 4.90 Å². The van der Waals surface area contributed by atoms with E-state index in [1.807, 2.05) is 12.1 Å². The predicted octanol–water partition coefficient (Wildman–Crippen LogP) is 2.21. The van der Waals surface area contributed by atoms with Crippen molar-refractivity contribution in [2.24, 2.45) is 0 Å². The van der Waals surface area contributed by atoms with Crippen LogP contribution >= 0.6 is 11.8 Å². The second-order valence-electron chi connectivity index (χ2n) is 4.53. The van der Waals surface area contributed by atoms with Crippen LogP contribution in [0, 0.1) is 0 Å². The van der Waals surface area contributed by atoms with E-state index >= 15 is 0 Å². The molecule has 1 aliphatic heterocycles. The van der Waals surface area contributed by atoms with Crippen molar-refractivity contribution in [1.82, 2.24) is 4.90 Å². The minimum absolute atomic E-state index is 0.728. The van der Waals surface area contributed by atoms with Gasteiger partial charge in [0.1, 0.15) is 5.75 Å². The maximum atomic E-state index is 5.86. The van der Waals surface area contributed by atoms with Gasteiger partial charge in [0.2, 0.25) is 0 Å². The molecule has 4 heteroatoms. The fourth-order valence-corrected chi connectivity index (χ4v) is 3.27. The Bertz CT molecular complexity index is 384. The molecule has 0 radical (unpaired) electrons. The summed E-state index contributed by atoms with van der Waals surface area (Å²) < 4.78 is 5.24. The zero-order chi connectivity index (χ0) is 12.3. The zero-order valence-electron chi connectivity index (χ0n) is 10.5. The number of thioether (sulfide) groups is 1. The fourth-order valence-electron chi connectivity index (χ4n) is 2.19. The molecule has 2 N–H and O–H groups in total. The highest BCUT2D eigenvalue weighted by atomic mass is 32.2. The highest BCUT2D eigenvalue weighted by Gasteiger charge is 2.16. The minimum atomic E-state index is 0.728. The number of nitrogen functional groups attached to an aromatic ring is 1. The average Bonchev–Trinajstić information content (AvgIpc) is 2.28. The highest BCUT2D eigenvalue weighted by Crippen LogP contribution is 2.23. The van der Waals surface area contributed by atoms with Gasteiger partial charge < -0.3 is 10.5 Å². The Morgan fingerprint density at radius 2 is 2.29 bits per heavy atom. The summed E-state index contributed by atoms with van der Waals surface area (Å²) in [6.07, 6.45) is 0. The minimum Gasteiger partial charge on any atom is -0.497 e. The lowest BCUT2D eigenvalue weighted by atomic mass is 10.1. The molecule has 1 aliphatic rings. The monoisotopic (exact) mass is 252 g/mol. The molecule has 1 atom stereocenters. The van der Waals surface area contributed by atoms with E-state index in [1.165, 1.54) is 11.3 Å². The standard InChI is InChI=1S/C13H20N2OS/c1-10-8-15(3-4-17-10)9-11-5-12(14)7-13(6-11)16-2/h5-7,10H,3-4,8-9,14H2,1-2H3. The Labute approximate surface area is 107 Å². The summed E-state index contributed by atoms with van der Waals surface area (Å²) in [4.78, 5) is 2.48. The highest BCUT2D eigenvalue weighted by molar-refractivity contribution is 7.99. The Hall–Kier alpha value is -0.870. The van der Waals surface area contributed by atoms with Crippen molar-refractivity contribution in [3.63, 3.8) is 0 Å². The van der Waals surface area contributed by atoms with Crippen molar-refractivity contribution in [3.8, 4) is 5.75 Å². The van der Waals surface area contributed by atoms with Crippen molar-refractivity contribution in [2.75, 3.05) is 31.7 Å². The fraction of sp³-hybridized carbons (Fsp3) is 0.538. The third-order valence-electron chi connectivity index (χ3n) is 2.96. The summed E-state index contributed by atoms with van der Waals surface area (Å²) >= 11 is 2.05. The van der Waals surface area contributed by atoms with Gasteiger partial charge >= 0.3 is 0 Å². The van der Waals surface area contributed by atoms with Crippen LogP contribution < -0.4 is 10.5 Å². The number of benzene rings is 1. The first-order valence-electron chi connectivity index (χ1n) is 5.95. The number of ether oxygens (including phenoxy) is 1. The van der Waals surface area contributed by atoms with E-state index in [0.717, 1.165) is 36.3 Å². The Morgan fingerprint density at radius 1 is 1.47 bits per heavy atom. The second kappa shape index (κ2) is 5.65. The number of nitrogens with two attached hydrogens (primary N) is 1. The largest absolute Gasteiger partial charge is 0.497 e. The molecule has 0 aromatic heterocycles. The molecule has 1 fully saturated rings. The van der Waals surface area contributed by atoms with Gasteiger partial charge in [0.05, 0.1) is 7.11 Å². The van der Waals surface area contributed by atoms with Crippen LogP contribution in [-0.4, -0.2) is 36.1 Å². The summed E-state index contributed by atoms with van der Waals surface area (Å²) in [6.45, 7) is 5.57. The lowest BCUT2D eigenvalue weighted by Crippen LogP contribution is -2.36. The van der Waals surface area contributed by atoms with Gasteiger partial charge in [-0.2, -0.15) is 11.8 Å². The van der Waals surface area contributed by atoms with Gasteiger partial charge in [-0.15, -0.1) is 0 Å². The molecule has 1 unspecified atom stereocenters. The van der Waals surface area contributed by atoms with Gasteiger partial charge in [0, 0.05) is 42.4 Å². The molecular formula is C13H20N2OS. The van der Waals surface area contributed by atoms with Crippen LogP contribution in [0.4, 0.5) is 5.69 Å². The molecule has 1 heterocycles. The number of anilines is 1. The van der Waals surface area contributed by atoms with E-state index in [1.54, 1.807) is 7.11 Å². The Kier molecular flexibility index (Phi) is 4.18. The molecule has 1 saturated heterocycles. The maximum Gasteiger partial charge on any atom is 0.121 e. The normalized spacial score (nSPS) is 21.4. The number of rotatable bonds is 3. The van der Waals surface area contributed by atoms with Gasteiger partial charge in [-0.05, 0) is 17.7 Å². The summed E-state index contributed by atoms with van der Waals surface area (Å²) in [6, 6.07) is 5.97. The van der Waals surface area contributed by atoms with E-state index in [4.69, 9.17) is 10.5 Å². The van der Waals surface area contributed by atoms with Crippen molar-refractivity contribution >= 4 is 17.4 Å². The number of hydrogen-bond donors (Lipinski definition) is 1. The first-order valence-corrected chi connectivity index (χ1v) is 6.99. The molecule has 0 bridgehead atoms. The zero-order valence-corrected chi connectivity index (χ0v) is 11.3. The first kappa shape index (κ1) is 12.6. The van der Waals surface area contributed by atoms with E-state index in [2.05, 4.69) is 29.7 Å². The third kappa shape index (κ3) is 3.54. The summed E-state index contributed by atoms with van der Waals surface area (Å²) in [5, 5.41) is 0.728. The van der Waals surface area contributed by atoms with Crippen LogP contribution in [-0.2, 0) is 6.54 Å². The third-order valence-corrected chi connectivity index (χ3v) is 4.09. The first-order chi connectivity index (χ1) is 8.17. The topological polar surface area (TPSA) is 38.5 Å². The van der Waals surface area contributed by atoms with E-state index in [-0.39, 0.29) is 0 Å². The van der Waals surface area contributed by atoms with Crippen molar-refractivity contribution in [3.05, 3.63) is 23.8 Å². The molecule has 0 amide bonds. The molecular weight excluding hydrogens is 232 g/mol. The van der Waals surface area contributed by atoms with Crippen LogP contribution in [0.15, 0.2) is 18.2 Å². The van der Waals surface area contributed by atoms with Crippen LogP contribution in [0.1, 0.15) is 12.5 Å². The molecule has 17 heavy (non-hydrogen) atoms. The van der Waals surface area contributed by atoms with Crippen molar-refractivity contribution in [2.45, 2.75) is 18.7 Å². The van der Waals surface area contributed by atoms with Crippen molar-refractivity contribution in [1.29, 1.82) is 0 Å². The van der Waals surface area contributed by atoms with Crippen LogP contribution in [0.25, 0.3) is 0 Å². The number of hydrogen-bond acceptors (Lipinski definition) is 4. The van der Waals surface area contributed by atoms with Crippen LogP contribution in [0.2, 0.25) is 0 Å². The summed E-state index contributed by atoms with van der Waals surface area (Å²) in [5.74, 6) is 2.07. The molecule has 1 aromatic carbocycles. The summed E-state index contributed by atoms with van der Waals surface area (Å²) in [5.41, 5.74) is 7.88. The van der Waals surface area contributed by atoms with Crippen LogP contribution in [0.3, 0.4) is 0 Å². The molecule has 2 rings (SSSR count). The second-order valence-corrected chi connectivity index (χ2v) is 6.08. The SMILES string of the molecule is COc1cc(N)cc(CN2CCSC(C)C2)c1. The molecule has 0 aliphatic carbocycles. The van der Waals surface area contributed by atoms with Gasteiger partial charge in [-0.1, -0.05) is 6.92 Å². The number of nitrogens with zero attached hydrogens (tertiary/aromatic N) is 1. The average molecular weight is 252 g/mol. The molecule has 94 valence electrons. The Morgan fingerprint density at radius 3 is 3.00 bits per heavy atom. The number of methoxy groups -OCH3 is 1.